The normalized spacial score (nSPS) is 11.5. The summed E-state index contributed by atoms with van der Waals surface area (Å²) >= 11 is 3.23. The van der Waals surface area contributed by atoms with Crippen LogP contribution in [0.25, 0.3) is 21.5 Å². The van der Waals surface area contributed by atoms with Crippen molar-refractivity contribution in [3.05, 3.63) is 65.3 Å². The van der Waals surface area contributed by atoms with Crippen LogP contribution < -0.4 is 0 Å². The molecule has 0 saturated carbocycles. The van der Waals surface area contributed by atoms with Gasteiger partial charge >= 0.3 is 0 Å². The second kappa shape index (κ2) is 7.21. The highest BCUT2D eigenvalue weighted by Gasteiger charge is 2.19. The average Bonchev–Trinajstić information content (AvgIpc) is 3.24. The van der Waals surface area contributed by atoms with Crippen LogP contribution >= 0.6 is 23.1 Å². The Hall–Kier alpha value is -2.18. The maximum atomic E-state index is 13.9. The van der Waals surface area contributed by atoms with Gasteiger partial charge in [0.1, 0.15) is 5.82 Å². The average molecular weight is 384 g/mol. The predicted molar refractivity (Wildman–Crippen MR) is 107 cm³/mol. The number of halogens is 1. The topological polar surface area (TPSA) is 30.7 Å². The molecule has 0 atom stereocenters. The van der Waals surface area contributed by atoms with Crippen molar-refractivity contribution in [3.63, 3.8) is 0 Å². The molecule has 0 N–H and O–H groups in total. The van der Waals surface area contributed by atoms with Gasteiger partial charge in [0.05, 0.1) is 0 Å². The van der Waals surface area contributed by atoms with Gasteiger partial charge in [-0.15, -0.1) is 21.5 Å². The van der Waals surface area contributed by atoms with Crippen LogP contribution in [0.1, 0.15) is 25.5 Å². The molecule has 2 aromatic carbocycles. The summed E-state index contributed by atoms with van der Waals surface area (Å²) in [5.74, 6) is 1.22. The van der Waals surface area contributed by atoms with E-state index in [2.05, 4.69) is 46.1 Å². The molecule has 0 aliphatic rings. The third-order valence-electron chi connectivity index (χ3n) is 4.22. The van der Waals surface area contributed by atoms with E-state index in [-0.39, 0.29) is 11.9 Å². The van der Waals surface area contributed by atoms with Crippen molar-refractivity contribution in [2.45, 2.75) is 30.8 Å². The number of thioether (sulfide) groups is 1. The number of hydrogen-bond acceptors (Lipinski definition) is 4. The van der Waals surface area contributed by atoms with Crippen LogP contribution in [0.4, 0.5) is 4.39 Å². The number of fused-ring (bicyclic) bond motifs is 1. The van der Waals surface area contributed by atoms with E-state index in [9.17, 15) is 4.39 Å². The SMILES string of the molecule is CC(C)n1c(SCc2ccccc2F)nnc1-c1csc2ccccc12. The summed E-state index contributed by atoms with van der Waals surface area (Å²) in [6.45, 7) is 4.24. The summed E-state index contributed by atoms with van der Waals surface area (Å²) in [7, 11) is 0. The molecule has 0 saturated heterocycles. The van der Waals surface area contributed by atoms with Gasteiger partial charge < -0.3 is 0 Å². The van der Waals surface area contributed by atoms with Crippen molar-refractivity contribution < 1.29 is 4.39 Å². The summed E-state index contributed by atoms with van der Waals surface area (Å²) in [4.78, 5) is 0. The predicted octanol–water partition coefficient (Wildman–Crippen LogP) is 6.17. The van der Waals surface area contributed by atoms with E-state index < -0.39 is 0 Å². The Morgan fingerprint density at radius 3 is 2.65 bits per heavy atom. The Kier molecular flexibility index (Phi) is 4.78. The van der Waals surface area contributed by atoms with Gasteiger partial charge in [-0.1, -0.05) is 48.2 Å². The summed E-state index contributed by atoms with van der Waals surface area (Å²) in [6.07, 6.45) is 0. The number of thiophene rings is 1. The zero-order chi connectivity index (χ0) is 18.1. The lowest BCUT2D eigenvalue weighted by Gasteiger charge is -2.13. The zero-order valence-corrected chi connectivity index (χ0v) is 16.1. The van der Waals surface area contributed by atoms with Crippen LogP contribution in [0.3, 0.4) is 0 Å². The molecule has 0 unspecified atom stereocenters. The minimum absolute atomic E-state index is 0.181. The Balaban J connectivity index is 1.71. The summed E-state index contributed by atoms with van der Waals surface area (Å²) in [5, 5.41) is 13.0. The lowest BCUT2D eigenvalue weighted by molar-refractivity contribution is 0.555. The quantitative estimate of drug-likeness (QED) is 0.386. The van der Waals surface area contributed by atoms with Crippen LogP contribution in [0.5, 0.6) is 0 Å². The Labute approximate surface area is 159 Å². The standard InChI is InChI=1S/C20H18FN3S2/c1-13(2)24-19(16-12-25-18-10-6-4-8-15(16)18)22-23-20(24)26-11-14-7-3-5-9-17(14)21/h3-10,12-13H,11H2,1-2H3. The van der Waals surface area contributed by atoms with E-state index in [1.54, 1.807) is 17.4 Å². The molecule has 4 aromatic rings. The van der Waals surface area contributed by atoms with Crippen molar-refractivity contribution >= 4 is 33.2 Å². The molecular formula is C20H18FN3S2. The molecule has 0 aliphatic heterocycles. The Morgan fingerprint density at radius 1 is 1.08 bits per heavy atom. The monoisotopic (exact) mass is 383 g/mol. The molecule has 4 rings (SSSR count). The lowest BCUT2D eigenvalue weighted by Crippen LogP contribution is -2.05. The summed E-state index contributed by atoms with van der Waals surface area (Å²) in [6, 6.07) is 15.4. The van der Waals surface area contributed by atoms with E-state index in [1.807, 2.05) is 24.3 Å². The minimum Gasteiger partial charge on any atom is -0.299 e. The first-order valence-electron chi connectivity index (χ1n) is 8.43. The van der Waals surface area contributed by atoms with E-state index in [4.69, 9.17) is 0 Å². The molecule has 0 spiro atoms. The molecule has 3 nitrogen and oxygen atoms in total. The number of benzene rings is 2. The first-order valence-corrected chi connectivity index (χ1v) is 10.3. The molecule has 0 radical (unpaired) electrons. The first kappa shape index (κ1) is 17.2. The highest BCUT2D eigenvalue weighted by Crippen LogP contribution is 2.36. The van der Waals surface area contributed by atoms with E-state index >= 15 is 0 Å². The van der Waals surface area contributed by atoms with Crippen LogP contribution in [-0.4, -0.2) is 14.8 Å². The van der Waals surface area contributed by atoms with Crippen LogP contribution in [0.15, 0.2) is 59.1 Å². The van der Waals surface area contributed by atoms with Gasteiger partial charge in [0.2, 0.25) is 0 Å². The van der Waals surface area contributed by atoms with Gasteiger partial charge in [-0.25, -0.2) is 4.39 Å². The minimum atomic E-state index is -0.181. The van der Waals surface area contributed by atoms with Crippen LogP contribution in [0.2, 0.25) is 0 Å². The second-order valence-corrected chi connectivity index (χ2v) is 8.15. The van der Waals surface area contributed by atoms with E-state index in [1.165, 1.54) is 27.9 Å². The fraction of sp³-hybridized carbons (Fsp3) is 0.200. The maximum Gasteiger partial charge on any atom is 0.192 e. The van der Waals surface area contributed by atoms with Gasteiger partial charge in [0.15, 0.2) is 11.0 Å². The fourth-order valence-corrected chi connectivity index (χ4v) is 4.93. The Morgan fingerprint density at radius 2 is 1.85 bits per heavy atom. The van der Waals surface area contributed by atoms with Gasteiger partial charge in [-0.05, 0) is 31.5 Å². The van der Waals surface area contributed by atoms with Crippen LogP contribution in [0, 0.1) is 5.82 Å². The van der Waals surface area contributed by atoms with Crippen molar-refractivity contribution in [2.24, 2.45) is 0 Å². The van der Waals surface area contributed by atoms with Gasteiger partial charge in [-0.3, -0.25) is 4.57 Å². The van der Waals surface area contributed by atoms with Crippen LogP contribution in [-0.2, 0) is 5.75 Å². The molecule has 132 valence electrons. The van der Waals surface area contributed by atoms with Gasteiger partial charge in [-0.2, -0.15) is 0 Å². The molecule has 0 aliphatic carbocycles. The molecule has 26 heavy (non-hydrogen) atoms. The number of hydrogen-bond donors (Lipinski definition) is 0. The number of rotatable bonds is 5. The van der Waals surface area contributed by atoms with Gasteiger partial charge in [0, 0.05) is 32.8 Å². The fourth-order valence-electron chi connectivity index (χ4n) is 2.93. The highest BCUT2D eigenvalue weighted by atomic mass is 32.2. The van der Waals surface area contributed by atoms with Crippen molar-refractivity contribution in [3.8, 4) is 11.4 Å². The highest BCUT2D eigenvalue weighted by molar-refractivity contribution is 7.98. The Bertz CT molecular complexity index is 1050. The third-order valence-corrected chi connectivity index (χ3v) is 6.17. The lowest BCUT2D eigenvalue weighted by atomic mass is 10.1. The molecule has 2 aromatic heterocycles. The van der Waals surface area contributed by atoms with E-state index in [0.717, 1.165) is 16.5 Å². The summed E-state index contributed by atoms with van der Waals surface area (Å²) < 4.78 is 17.3. The maximum absolute atomic E-state index is 13.9. The molecule has 6 heteroatoms. The first-order chi connectivity index (χ1) is 12.6. The van der Waals surface area contributed by atoms with Crippen molar-refractivity contribution in [1.29, 1.82) is 0 Å². The molecular weight excluding hydrogens is 365 g/mol. The number of nitrogens with zero attached hydrogens (tertiary/aromatic N) is 3. The van der Waals surface area contributed by atoms with Crippen molar-refractivity contribution in [1.82, 2.24) is 14.8 Å². The second-order valence-electron chi connectivity index (χ2n) is 6.30. The third kappa shape index (κ3) is 3.15. The zero-order valence-electron chi connectivity index (χ0n) is 14.5. The molecule has 2 heterocycles. The number of aromatic nitrogens is 3. The largest absolute Gasteiger partial charge is 0.299 e. The summed E-state index contributed by atoms with van der Waals surface area (Å²) in [5.41, 5.74) is 1.78. The molecule has 0 fully saturated rings. The molecule has 0 amide bonds. The van der Waals surface area contributed by atoms with E-state index in [0.29, 0.717) is 11.3 Å². The van der Waals surface area contributed by atoms with Gasteiger partial charge in [0.25, 0.3) is 0 Å². The van der Waals surface area contributed by atoms with Crippen molar-refractivity contribution in [2.75, 3.05) is 0 Å². The molecule has 0 bridgehead atoms. The smallest absolute Gasteiger partial charge is 0.192 e.